The van der Waals surface area contributed by atoms with Crippen LogP contribution in [0.15, 0.2) is 36.4 Å². The second kappa shape index (κ2) is 9.80. The summed E-state index contributed by atoms with van der Waals surface area (Å²) in [6.07, 6.45) is -9.75. The number of halogens is 2. The van der Waals surface area contributed by atoms with E-state index in [9.17, 15) is 29.3 Å². The van der Waals surface area contributed by atoms with Crippen molar-refractivity contribution in [2.75, 3.05) is 5.32 Å². The molecule has 1 aliphatic rings. The largest absolute Gasteiger partial charge is 0.479 e. The standard InChI is InChI=1S/C21H21ClFNO8/c1-9-5-6-13(24-15-11(22)3-2-4-12(15)23)10(7-9)8-14(25)31-21-18(28)16(26)17(27)19(32-21)20(29)30/h2-7,16-19,21,24,26-28H,8H2,1H3,(H,29,30)/t16-,17-,18+,19?,21+/m1/s1. The van der Waals surface area contributed by atoms with Crippen molar-refractivity contribution in [3.63, 3.8) is 0 Å². The fraction of sp³-hybridized carbons (Fsp3) is 0.333. The van der Waals surface area contributed by atoms with Gasteiger partial charge in [0.2, 0.25) is 6.29 Å². The number of carbonyl (C=O) groups excluding carboxylic acids is 1. The zero-order valence-corrected chi connectivity index (χ0v) is 17.5. The van der Waals surface area contributed by atoms with Crippen LogP contribution in [0.3, 0.4) is 0 Å². The molecule has 1 fully saturated rings. The average molecular weight is 470 g/mol. The van der Waals surface area contributed by atoms with Crippen LogP contribution in [-0.2, 0) is 25.5 Å². The predicted molar refractivity (Wildman–Crippen MR) is 110 cm³/mol. The topological polar surface area (TPSA) is 146 Å². The van der Waals surface area contributed by atoms with E-state index < -0.39 is 48.5 Å². The SMILES string of the molecule is Cc1ccc(Nc2c(F)cccc2Cl)c(CC(=O)O[C@H]2OC(C(=O)O)[C@H](O)[C@@H](O)[C@@H]2O)c1. The highest BCUT2D eigenvalue weighted by atomic mass is 35.5. The minimum atomic E-state index is -1.91. The van der Waals surface area contributed by atoms with Gasteiger partial charge < -0.3 is 35.2 Å². The van der Waals surface area contributed by atoms with E-state index in [1.165, 1.54) is 18.2 Å². The van der Waals surface area contributed by atoms with Gasteiger partial charge in [-0.3, -0.25) is 4.79 Å². The molecular weight excluding hydrogens is 449 g/mol. The maximum atomic E-state index is 14.2. The van der Waals surface area contributed by atoms with Crippen molar-refractivity contribution < 1.29 is 43.9 Å². The van der Waals surface area contributed by atoms with Gasteiger partial charge >= 0.3 is 11.9 Å². The van der Waals surface area contributed by atoms with Crippen molar-refractivity contribution in [1.82, 2.24) is 0 Å². The Morgan fingerprint density at radius 2 is 1.88 bits per heavy atom. The van der Waals surface area contributed by atoms with E-state index in [0.29, 0.717) is 11.3 Å². The number of carbonyl (C=O) groups is 2. The van der Waals surface area contributed by atoms with Gasteiger partial charge in [-0.25, -0.2) is 9.18 Å². The number of carboxylic acids is 1. The Morgan fingerprint density at radius 1 is 1.16 bits per heavy atom. The molecule has 1 saturated heterocycles. The zero-order chi connectivity index (χ0) is 23.6. The Morgan fingerprint density at radius 3 is 2.53 bits per heavy atom. The van der Waals surface area contributed by atoms with Crippen LogP contribution in [0.1, 0.15) is 11.1 Å². The maximum absolute atomic E-state index is 14.2. The van der Waals surface area contributed by atoms with Crippen LogP contribution < -0.4 is 5.32 Å². The number of carboxylic acid groups (broad SMARTS) is 1. The Kier molecular flexibility index (Phi) is 7.32. The summed E-state index contributed by atoms with van der Waals surface area (Å²) in [6.45, 7) is 1.78. The highest BCUT2D eigenvalue weighted by Crippen LogP contribution is 2.31. The van der Waals surface area contributed by atoms with Crippen LogP contribution in [0.5, 0.6) is 0 Å². The summed E-state index contributed by atoms with van der Waals surface area (Å²) < 4.78 is 24.1. The number of benzene rings is 2. The van der Waals surface area contributed by atoms with Gasteiger partial charge in [0, 0.05) is 5.69 Å². The van der Waals surface area contributed by atoms with Crippen molar-refractivity contribution >= 4 is 34.9 Å². The van der Waals surface area contributed by atoms with Gasteiger partial charge in [-0.05, 0) is 30.7 Å². The summed E-state index contributed by atoms with van der Waals surface area (Å²) in [4.78, 5) is 23.7. The molecule has 2 aromatic rings. The van der Waals surface area contributed by atoms with Crippen LogP contribution >= 0.6 is 11.6 Å². The second-order valence-corrected chi connectivity index (χ2v) is 7.69. The van der Waals surface area contributed by atoms with Gasteiger partial charge in [0.25, 0.3) is 0 Å². The highest BCUT2D eigenvalue weighted by Gasteiger charge is 2.48. The molecule has 32 heavy (non-hydrogen) atoms. The monoisotopic (exact) mass is 469 g/mol. The summed E-state index contributed by atoms with van der Waals surface area (Å²) in [5.74, 6) is -3.12. The summed E-state index contributed by atoms with van der Waals surface area (Å²) in [5, 5.41) is 41.6. The predicted octanol–water partition coefficient (Wildman–Crippen LogP) is 1.51. The number of aryl methyl sites for hydroxylation is 1. The summed E-state index contributed by atoms with van der Waals surface area (Å²) >= 11 is 6.05. The van der Waals surface area contributed by atoms with Gasteiger partial charge in [0.05, 0.1) is 17.1 Å². The van der Waals surface area contributed by atoms with E-state index >= 15 is 0 Å². The van der Waals surface area contributed by atoms with Crippen LogP contribution in [0.4, 0.5) is 15.8 Å². The molecule has 0 aliphatic carbocycles. The molecule has 0 saturated carbocycles. The molecule has 11 heteroatoms. The molecule has 1 aliphatic heterocycles. The Balaban J connectivity index is 1.78. The maximum Gasteiger partial charge on any atom is 0.335 e. The third-order valence-corrected chi connectivity index (χ3v) is 5.19. The number of para-hydroxylation sites is 1. The molecule has 5 N–H and O–H groups in total. The quantitative estimate of drug-likeness (QED) is 0.397. The number of nitrogens with one attached hydrogen (secondary N) is 1. The van der Waals surface area contributed by atoms with Crippen molar-refractivity contribution in [3.8, 4) is 0 Å². The average Bonchev–Trinajstić information content (AvgIpc) is 2.72. The fourth-order valence-electron chi connectivity index (χ4n) is 3.22. The van der Waals surface area contributed by atoms with E-state index in [4.69, 9.17) is 26.2 Å². The zero-order valence-electron chi connectivity index (χ0n) is 16.7. The lowest BCUT2D eigenvalue weighted by atomic mass is 9.99. The van der Waals surface area contributed by atoms with Crippen LogP contribution in [0.2, 0.25) is 5.02 Å². The number of aliphatic carboxylic acids is 1. The third-order valence-electron chi connectivity index (χ3n) is 4.88. The van der Waals surface area contributed by atoms with Crippen molar-refractivity contribution in [3.05, 3.63) is 58.4 Å². The molecule has 5 atom stereocenters. The first kappa shape index (κ1) is 23.9. The summed E-state index contributed by atoms with van der Waals surface area (Å²) in [5.41, 5.74) is 1.56. The number of ether oxygens (including phenoxy) is 2. The van der Waals surface area contributed by atoms with E-state index in [1.807, 2.05) is 0 Å². The van der Waals surface area contributed by atoms with Crippen molar-refractivity contribution in [1.29, 1.82) is 0 Å². The number of anilines is 2. The van der Waals surface area contributed by atoms with Crippen LogP contribution in [-0.4, -0.2) is 63.1 Å². The van der Waals surface area contributed by atoms with Crippen LogP contribution in [0.25, 0.3) is 0 Å². The number of rotatable bonds is 6. The van der Waals surface area contributed by atoms with E-state index in [0.717, 1.165) is 5.56 Å². The lowest BCUT2D eigenvalue weighted by Gasteiger charge is -2.37. The fourth-order valence-corrected chi connectivity index (χ4v) is 3.43. The smallest absolute Gasteiger partial charge is 0.335 e. The number of aliphatic hydroxyl groups excluding tert-OH is 3. The molecule has 1 heterocycles. The van der Waals surface area contributed by atoms with Gasteiger partial charge in [-0.1, -0.05) is 35.4 Å². The minimum Gasteiger partial charge on any atom is -0.479 e. The molecule has 3 rings (SSSR count). The number of hydrogen-bond donors (Lipinski definition) is 5. The molecule has 9 nitrogen and oxygen atoms in total. The van der Waals surface area contributed by atoms with E-state index in [1.54, 1.807) is 25.1 Å². The first-order valence-corrected chi connectivity index (χ1v) is 9.88. The first-order chi connectivity index (χ1) is 15.1. The number of hydrogen-bond acceptors (Lipinski definition) is 8. The molecule has 172 valence electrons. The molecule has 0 radical (unpaired) electrons. The van der Waals surface area contributed by atoms with E-state index in [-0.39, 0.29) is 17.1 Å². The Hall–Kier alpha value is -2.76. The van der Waals surface area contributed by atoms with E-state index in [2.05, 4.69) is 5.32 Å². The Labute approximate surface area is 187 Å². The lowest BCUT2D eigenvalue weighted by molar-refractivity contribution is -0.286. The molecular formula is C21H21ClFNO8. The lowest BCUT2D eigenvalue weighted by Crippen LogP contribution is -2.60. The molecule has 0 aromatic heterocycles. The third kappa shape index (κ3) is 5.17. The van der Waals surface area contributed by atoms with Crippen molar-refractivity contribution in [2.45, 2.75) is 44.1 Å². The molecule has 0 amide bonds. The minimum absolute atomic E-state index is 0.0140. The van der Waals surface area contributed by atoms with Gasteiger partial charge in [-0.15, -0.1) is 0 Å². The van der Waals surface area contributed by atoms with Gasteiger partial charge in [0.15, 0.2) is 6.10 Å². The molecule has 1 unspecified atom stereocenters. The highest BCUT2D eigenvalue weighted by molar-refractivity contribution is 6.33. The Bertz CT molecular complexity index is 999. The molecule has 0 spiro atoms. The normalized spacial score (nSPS) is 25.2. The first-order valence-electron chi connectivity index (χ1n) is 9.51. The summed E-state index contributed by atoms with van der Waals surface area (Å²) in [6, 6.07) is 9.16. The number of aliphatic hydroxyl groups is 3. The van der Waals surface area contributed by atoms with Gasteiger partial charge in [0.1, 0.15) is 24.1 Å². The molecule has 2 aromatic carbocycles. The second-order valence-electron chi connectivity index (χ2n) is 7.28. The van der Waals surface area contributed by atoms with Crippen molar-refractivity contribution in [2.24, 2.45) is 0 Å². The van der Waals surface area contributed by atoms with Gasteiger partial charge in [-0.2, -0.15) is 0 Å². The molecule has 0 bridgehead atoms. The summed E-state index contributed by atoms with van der Waals surface area (Å²) in [7, 11) is 0. The van der Waals surface area contributed by atoms with Crippen LogP contribution in [0, 0.1) is 12.7 Å². The number of esters is 1.